The molecule has 1 saturated heterocycles. The number of aromatic nitrogens is 2. The third-order valence-electron chi connectivity index (χ3n) is 3.52. The van der Waals surface area contributed by atoms with E-state index in [1.807, 2.05) is 0 Å². The number of hydrogen-bond acceptors (Lipinski definition) is 4. The number of halogens is 1. The topological polar surface area (TPSA) is 58.1 Å². The summed E-state index contributed by atoms with van der Waals surface area (Å²) in [5.74, 6) is 0.246. The van der Waals surface area contributed by atoms with Gasteiger partial charge >= 0.3 is 0 Å². The first-order valence-corrected chi connectivity index (χ1v) is 6.71. The molecule has 0 radical (unpaired) electrons. The van der Waals surface area contributed by atoms with Crippen LogP contribution in [-0.4, -0.2) is 39.9 Å². The van der Waals surface area contributed by atoms with E-state index in [4.69, 9.17) is 0 Å². The molecule has 5 nitrogen and oxygen atoms in total. The van der Waals surface area contributed by atoms with E-state index < -0.39 is 0 Å². The Morgan fingerprint density at radius 1 is 1.38 bits per heavy atom. The summed E-state index contributed by atoms with van der Waals surface area (Å²) in [5.41, 5.74) is 0.928. The fourth-order valence-electron chi connectivity index (χ4n) is 2.23. The zero-order valence-corrected chi connectivity index (χ0v) is 11.6. The number of nitrogens with zero attached hydrogens (tertiary/aromatic N) is 3. The maximum atomic E-state index is 13.5. The van der Waals surface area contributed by atoms with E-state index in [-0.39, 0.29) is 17.8 Å². The van der Waals surface area contributed by atoms with Crippen LogP contribution in [0.15, 0.2) is 36.8 Å². The summed E-state index contributed by atoms with van der Waals surface area (Å²) in [5, 5.41) is 3.22. The summed E-state index contributed by atoms with van der Waals surface area (Å²) in [6.07, 6.45) is 3.13. The minimum Gasteiger partial charge on any atom is -0.364 e. The Hall–Kier alpha value is -2.50. The van der Waals surface area contributed by atoms with Crippen LogP contribution in [-0.2, 0) is 0 Å². The molecule has 1 aromatic heterocycles. The molecule has 1 aliphatic rings. The zero-order chi connectivity index (χ0) is 14.8. The number of aryl methyl sites for hydroxylation is 1. The molecular weight excluding hydrogens is 271 g/mol. The van der Waals surface area contributed by atoms with E-state index >= 15 is 0 Å². The number of likely N-dealkylation sites (tertiary alicyclic amines) is 1. The van der Waals surface area contributed by atoms with Crippen molar-refractivity contribution >= 4 is 11.7 Å². The van der Waals surface area contributed by atoms with Crippen LogP contribution in [0.4, 0.5) is 10.2 Å². The molecule has 0 spiro atoms. The number of hydrogen-bond donors (Lipinski definition) is 1. The fraction of sp³-hybridized carbons (Fsp3) is 0.267. The van der Waals surface area contributed by atoms with Crippen molar-refractivity contribution in [1.82, 2.24) is 14.9 Å². The van der Waals surface area contributed by atoms with Crippen LogP contribution >= 0.6 is 0 Å². The number of anilines is 1. The summed E-state index contributed by atoms with van der Waals surface area (Å²) in [6.45, 7) is 2.84. The maximum Gasteiger partial charge on any atom is 0.254 e. The first kappa shape index (κ1) is 13.5. The largest absolute Gasteiger partial charge is 0.364 e. The standard InChI is InChI=1S/C15H15FN4O/c1-10-2-3-11(6-13(10)16)15(21)20-7-12(8-20)19-14-4-5-17-9-18-14/h2-6,9,12H,7-8H2,1H3,(H,17,18,19). The highest BCUT2D eigenvalue weighted by molar-refractivity contribution is 5.95. The Kier molecular flexibility index (Phi) is 3.51. The van der Waals surface area contributed by atoms with Gasteiger partial charge in [-0.05, 0) is 30.7 Å². The van der Waals surface area contributed by atoms with Gasteiger partial charge in [0.05, 0.1) is 6.04 Å². The molecule has 1 aromatic carbocycles. The van der Waals surface area contributed by atoms with Gasteiger partial charge in [-0.1, -0.05) is 6.07 Å². The average Bonchev–Trinajstić information content (AvgIpc) is 2.46. The van der Waals surface area contributed by atoms with Gasteiger partial charge in [0.25, 0.3) is 5.91 Å². The fourth-order valence-corrected chi connectivity index (χ4v) is 2.23. The van der Waals surface area contributed by atoms with E-state index in [9.17, 15) is 9.18 Å². The van der Waals surface area contributed by atoms with E-state index in [1.54, 1.807) is 36.2 Å². The quantitative estimate of drug-likeness (QED) is 0.935. The second kappa shape index (κ2) is 5.47. The van der Waals surface area contributed by atoms with Crippen LogP contribution in [0.25, 0.3) is 0 Å². The SMILES string of the molecule is Cc1ccc(C(=O)N2CC(Nc3ccncn3)C2)cc1F. The molecule has 1 N–H and O–H groups in total. The molecule has 21 heavy (non-hydrogen) atoms. The van der Waals surface area contributed by atoms with Crippen molar-refractivity contribution in [2.75, 3.05) is 18.4 Å². The summed E-state index contributed by atoms with van der Waals surface area (Å²) in [6, 6.07) is 6.52. The zero-order valence-electron chi connectivity index (χ0n) is 11.6. The lowest BCUT2D eigenvalue weighted by Gasteiger charge is -2.39. The number of carbonyl (C=O) groups is 1. The Morgan fingerprint density at radius 2 is 2.19 bits per heavy atom. The van der Waals surface area contributed by atoms with Gasteiger partial charge in [-0.3, -0.25) is 4.79 Å². The van der Waals surface area contributed by atoms with Gasteiger partial charge in [0.15, 0.2) is 0 Å². The van der Waals surface area contributed by atoms with Crippen LogP contribution in [0.1, 0.15) is 15.9 Å². The van der Waals surface area contributed by atoms with Crippen molar-refractivity contribution < 1.29 is 9.18 Å². The normalized spacial score (nSPS) is 14.7. The van der Waals surface area contributed by atoms with E-state index in [0.29, 0.717) is 24.2 Å². The molecule has 0 unspecified atom stereocenters. The lowest BCUT2D eigenvalue weighted by atomic mass is 10.1. The predicted molar refractivity (Wildman–Crippen MR) is 76.5 cm³/mol. The van der Waals surface area contributed by atoms with Gasteiger partial charge in [0, 0.05) is 24.8 Å². The smallest absolute Gasteiger partial charge is 0.254 e. The van der Waals surface area contributed by atoms with Crippen molar-refractivity contribution in [1.29, 1.82) is 0 Å². The Labute approximate surface area is 121 Å². The predicted octanol–water partition coefficient (Wildman–Crippen LogP) is 1.86. The van der Waals surface area contributed by atoms with Gasteiger partial charge in [0.1, 0.15) is 18.0 Å². The Morgan fingerprint density at radius 3 is 2.86 bits per heavy atom. The van der Waals surface area contributed by atoms with Crippen molar-refractivity contribution in [3.8, 4) is 0 Å². The second-order valence-corrected chi connectivity index (χ2v) is 5.11. The molecule has 2 aromatic rings. The third kappa shape index (κ3) is 2.84. The minimum atomic E-state index is -0.350. The molecule has 0 aliphatic carbocycles. The lowest BCUT2D eigenvalue weighted by molar-refractivity contribution is 0.0624. The van der Waals surface area contributed by atoms with E-state index in [0.717, 1.165) is 5.82 Å². The minimum absolute atomic E-state index is 0.144. The molecule has 2 heterocycles. The van der Waals surface area contributed by atoms with Crippen LogP contribution in [0.2, 0.25) is 0 Å². The molecular formula is C15H15FN4O. The van der Waals surface area contributed by atoms with Crippen LogP contribution in [0.5, 0.6) is 0 Å². The van der Waals surface area contributed by atoms with E-state index in [1.165, 1.54) is 12.4 Å². The number of carbonyl (C=O) groups excluding carboxylic acids is 1. The molecule has 0 bridgehead atoms. The van der Waals surface area contributed by atoms with Gasteiger partial charge < -0.3 is 10.2 Å². The molecule has 1 aliphatic heterocycles. The number of rotatable bonds is 3. The first-order valence-electron chi connectivity index (χ1n) is 6.71. The molecule has 0 saturated carbocycles. The van der Waals surface area contributed by atoms with Gasteiger partial charge in [-0.15, -0.1) is 0 Å². The molecule has 1 amide bonds. The highest BCUT2D eigenvalue weighted by atomic mass is 19.1. The molecule has 108 valence electrons. The number of nitrogens with one attached hydrogen (secondary N) is 1. The summed E-state index contributed by atoms with van der Waals surface area (Å²) in [7, 11) is 0. The monoisotopic (exact) mass is 286 g/mol. The molecule has 0 atom stereocenters. The average molecular weight is 286 g/mol. The molecule has 1 fully saturated rings. The second-order valence-electron chi connectivity index (χ2n) is 5.11. The van der Waals surface area contributed by atoms with Crippen molar-refractivity contribution in [2.45, 2.75) is 13.0 Å². The highest BCUT2D eigenvalue weighted by Gasteiger charge is 2.31. The van der Waals surface area contributed by atoms with Crippen molar-refractivity contribution in [2.24, 2.45) is 0 Å². The van der Waals surface area contributed by atoms with Crippen LogP contribution in [0, 0.1) is 12.7 Å². The summed E-state index contributed by atoms with van der Waals surface area (Å²) in [4.78, 5) is 21.8. The maximum absolute atomic E-state index is 13.5. The van der Waals surface area contributed by atoms with Crippen molar-refractivity contribution in [3.05, 3.63) is 53.7 Å². The number of amides is 1. The van der Waals surface area contributed by atoms with Crippen molar-refractivity contribution in [3.63, 3.8) is 0 Å². The van der Waals surface area contributed by atoms with Gasteiger partial charge in [-0.2, -0.15) is 0 Å². The molecule has 6 heteroatoms. The lowest BCUT2D eigenvalue weighted by Crippen LogP contribution is -2.57. The first-order chi connectivity index (χ1) is 10.1. The summed E-state index contributed by atoms with van der Waals surface area (Å²) >= 11 is 0. The Bertz CT molecular complexity index is 656. The van der Waals surface area contributed by atoms with Crippen LogP contribution < -0.4 is 5.32 Å². The Balaban J connectivity index is 1.58. The third-order valence-corrected chi connectivity index (χ3v) is 3.52. The van der Waals surface area contributed by atoms with Gasteiger partial charge in [0.2, 0.25) is 0 Å². The van der Waals surface area contributed by atoms with Crippen LogP contribution in [0.3, 0.4) is 0 Å². The summed E-state index contributed by atoms with van der Waals surface area (Å²) < 4.78 is 13.5. The molecule has 3 rings (SSSR count). The number of benzene rings is 1. The van der Waals surface area contributed by atoms with E-state index in [2.05, 4.69) is 15.3 Å². The highest BCUT2D eigenvalue weighted by Crippen LogP contribution is 2.18. The van der Waals surface area contributed by atoms with Gasteiger partial charge in [-0.25, -0.2) is 14.4 Å².